The van der Waals surface area contributed by atoms with Crippen LogP contribution in [0.5, 0.6) is 0 Å². The molecule has 0 aromatic carbocycles. The highest BCUT2D eigenvalue weighted by Crippen LogP contribution is 2.27. The summed E-state index contributed by atoms with van der Waals surface area (Å²) >= 11 is 5.45. The Balaban J connectivity index is 2.40. The quantitative estimate of drug-likeness (QED) is 0.746. The summed E-state index contributed by atoms with van der Waals surface area (Å²) in [6.45, 7) is 4.98. The fraction of sp³-hybridized carbons (Fsp3) is 0.833. The average Bonchev–Trinajstić information content (AvgIpc) is 3.01. The van der Waals surface area contributed by atoms with E-state index in [1.54, 1.807) is 4.90 Å². The maximum atomic E-state index is 11.9. The molecule has 0 heterocycles. The zero-order valence-electron chi connectivity index (χ0n) is 10.5. The number of carbonyl (C=O) groups is 2. The van der Waals surface area contributed by atoms with Crippen molar-refractivity contribution in [2.75, 3.05) is 12.4 Å². The Morgan fingerprint density at radius 3 is 2.53 bits per heavy atom. The Bertz CT molecular complexity index is 278. The Hall–Kier alpha value is -0.770. The van der Waals surface area contributed by atoms with Crippen molar-refractivity contribution in [1.29, 1.82) is 0 Å². The number of urea groups is 1. The molecule has 5 heteroatoms. The third-order valence-corrected chi connectivity index (χ3v) is 2.95. The summed E-state index contributed by atoms with van der Waals surface area (Å²) in [6, 6.07) is 0.0702. The van der Waals surface area contributed by atoms with Crippen LogP contribution in [0.25, 0.3) is 0 Å². The second-order valence-electron chi connectivity index (χ2n) is 4.90. The Labute approximate surface area is 108 Å². The van der Waals surface area contributed by atoms with Crippen LogP contribution in [0.4, 0.5) is 4.79 Å². The molecule has 4 nitrogen and oxygen atoms in total. The summed E-state index contributed by atoms with van der Waals surface area (Å²) in [4.78, 5) is 25.0. The van der Waals surface area contributed by atoms with Crippen LogP contribution in [0.3, 0.4) is 0 Å². The summed E-state index contributed by atoms with van der Waals surface area (Å²) in [5, 5.41) is 2.39. The number of carbonyl (C=O) groups excluding carboxylic acids is 2. The maximum Gasteiger partial charge on any atom is 0.324 e. The summed E-state index contributed by atoms with van der Waals surface area (Å²) in [7, 11) is 0. The molecule has 1 aliphatic carbocycles. The minimum absolute atomic E-state index is 0.190. The molecule has 1 saturated carbocycles. The average molecular weight is 261 g/mol. The second-order valence-corrected chi connectivity index (χ2v) is 5.28. The highest BCUT2D eigenvalue weighted by atomic mass is 35.5. The first kappa shape index (κ1) is 14.3. The van der Waals surface area contributed by atoms with Gasteiger partial charge in [0.25, 0.3) is 0 Å². The van der Waals surface area contributed by atoms with E-state index >= 15 is 0 Å². The van der Waals surface area contributed by atoms with Gasteiger partial charge < -0.3 is 4.90 Å². The van der Waals surface area contributed by atoms with Crippen LogP contribution < -0.4 is 5.32 Å². The molecule has 0 saturated heterocycles. The molecular weight excluding hydrogens is 240 g/mol. The van der Waals surface area contributed by atoms with E-state index in [1.807, 2.05) is 0 Å². The van der Waals surface area contributed by atoms with Crippen molar-refractivity contribution in [3.05, 3.63) is 0 Å². The molecule has 17 heavy (non-hydrogen) atoms. The summed E-state index contributed by atoms with van der Waals surface area (Å²) in [5.41, 5.74) is 0. The van der Waals surface area contributed by atoms with Crippen molar-refractivity contribution in [2.45, 2.75) is 45.6 Å². The highest BCUT2D eigenvalue weighted by Gasteiger charge is 2.32. The van der Waals surface area contributed by atoms with Crippen LogP contribution in [-0.2, 0) is 4.79 Å². The highest BCUT2D eigenvalue weighted by molar-refractivity contribution is 6.19. The number of hydrogen-bond acceptors (Lipinski definition) is 2. The molecule has 0 atom stereocenters. The number of halogens is 1. The zero-order valence-corrected chi connectivity index (χ0v) is 11.3. The van der Waals surface area contributed by atoms with E-state index in [0.717, 1.165) is 25.8 Å². The van der Waals surface area contributed by atoms with Crippen molar-refractivity contribution < 1.29 is 9.59 Å². The molecule has 98 valence electrons. The SMILES string of the molecule is CC(C)CCN(C(=O)NC(=O)CCCl)C1CC1. The van der Waals surface area contributed by atoms with E-state index in [9.17, 15) is 9.59 Å². The first-order valence-electron chi connectivity index (χ1n) is 6.21. The van der Waals surface area contributed by atoms with Gasteiger partial charge in [-0.1, -0.05) is 13.8 Å². The summed E-state index contributed by atoms with van der Waals surface area (Å²) in [6.07, 6.45) is 3.26. The Morgan fingerprint density at radius 2 is 2.06 bits per heavy atom. The van der Waals surface area contributed by atoms with Gasteiger partial charge in [0, 0.05) is 24.9 Å². The number of nitrogens with zero attached hydrogens (tertiary/aromatic N) is 1. The molecular formula is C12H21ClN2O2. The molecule has 0 unspecified atom stereocenters. The van der Waals surface area contributed by atoms with E-state index in [0.29, 0.717) is 12.0 Å². The lowest BCUT2D eigenvalue weighted by Crippen LogP contribution is -2.44. The zero-order chi connectivity index (χ0) is 12.8. The van der Waals surface area contributed by atoms with E-state index in [1.165, 1.54) is 0 Å². The molecule has 1 aliphatic rings. The standard InChI is InChI=1S/C12H21ClN2O2/c1-9(2)6-8-15(10-3-4-10)12(17)14-11(16)5-7-13/h9-10H,3-8H2,1-2H3,(H,14,16,17). The number of amides is 3. The van der Waals surface area contributed by atoms with Gasteiger partial charge >= 0.3 is 6.03 Å². The number of rotatable bonds is 6. The van der Waals surface area contributed by atoms with E-state index < -0.39 is 0 Å². The fourth-order valence-electron chi connectivity index (χ4n) is 1.57. The van der Waals surface area contributed by atoms with Gasteiger partial charge in [-0.15, -0.1) is 11.6 Å². The molecule has 0 spiro atoms. The van der Waals surface area contributed by atoms with Crippen LogP contribution in [0, 0.1) is 5.92 Å². The van der Waals surface area contributed by atoms with Crippen molar-refractivity contribution in [3.8, 4) is 0 Å². The van der Waals surface area contributed by atoms with Gasteiger partial charge in [0.15, 0.2) is 0 Å². The van der Waals surface area contributed by atoms with Gasteiger partial charge in [-0.3, -0.25) is 10.1 Å². The van der Waals surface area contributed by atoms with Gasteiger partial charge in [0.1, 0.15) is 0 Å². The Kier molecular flexibility index (Phi) is 5.75. The van der Waals surface area contributed by atoms with Crippen molar-refractivity contribution in [2.24, 2.45) is 5.92 Å². The topological polar surface area (TPSA) is 49.4 Å². The molecule has 0 aromatic heterocycles. The third kappa shape index (κ3) is 5.39. The lowest BCUT2D eigenvalue weighted by atomic mass is 10.1. The van der Waals surface area contributed by atoms with E-state index in [4.69, 9.17) is 11.6 Å². The van der Waals surface area contributed by atoms with Gasteiger partial charge in [0.2, 0.25) is 5.91 Å². The number of imide groups is 1. The maximum absolute atomic E-state index is 11.9. The summed E-state index contributed by atoms with van der Waals surface area (Å²) in [5.74, 6) is 0.511. The number of hydrogen-bond donors (Lipinski definition) is 1. The van der Waals surface area contributed by atoms with Crippen LogP contribution in [-0.4, -0.2) is 35.3 Å². The van der Waals surface area contributed by atoms with Crippen molar-refractivity contribution in [3.63, 3.8) is 0 Å². The molecule has 3 amide bonds. The molecule has 1 fully saturated rings. The number of nitrogens with one attached hydrogen (secondary N) is 1. The van der Waals surface area contributed by atoms with Gasteiger partial charge in [-0.25, -0.2) is 4.79 Å². The molecule has 0 radical (unpaired) electrons. The first-order valence-corrected chi connectivity index (χ1v) is 6.74. The largest absolute Gasteiger partial charge is 0.324 e. The Morgan fingerprint density at radius 1 is 1.41 bits per heavy atom. The summed E-state index contributed by atoms with van der Waals surface area (Å²) < 4.78 is 0. The van der Waals surface area contributed by atoms with Gasteiger partial charge in [-0.05, 0) is 25.2 Å². The molecule has 0 bridgehead atoms. The van der Waals surface area contributed by atoms with Crippen LogP contribution >= 0.6 is 11.6 Å². The third-order valence-electron chi connectivity index (χ3n) is 2.76. The van der Waals surface area contributed by atoms with E-state index in [2.05, 4.69) is 19.2 Å². The smallest absolute Gasteiger partial charge is 0.321 e. The van der Waals surface area contributed by atoms with Gasteiger partial charge in [0.05, 0.1) is 0 Å². The lowest BCUT2D eigenvalue weighted by Gasteiger charge is -2.23. The monoisotopic (exact) mass is 260 g/mol. The van der Waals surface area contributed by atoms with Crippen LogP contribution in [0.1, 0.15) is 39.5 Å². The predicted octanol–water partition coefficient (Wildman–Crippen LogP) is 2.36. The van der Waals surface area contributed by atoms with Crippen molar-refractivity contribution >= 4 is 23.5 Å². The van der Waals surface area contributed by atoms with E-state index in [-0.39, 0.29) is 24.2 Å². The molecule has 0 aliphatic heterocycles. The van der Waals surface area contributed by atoms with Crippen LogP contribution in [0.2, 0.25) is 0 Å². The molecule has 0 aromatic rings. The van der Waals surface area contributed by atoms with Gasteiger partial charge in [-0.2, -0.15) is 0 Å². The minimum atomic E-state index is -0.291. The number of alkyl halides is 1. The first-order chi connectivity index (χ1) is 8.04. The predicted molar refractivity (Wildman–Crippen MR) is 68.1 cm³/mol. The lowest BCUT2D eigenvalue weighted by molar-refractivity contribution is -0.119. The molecule has 1 N–H and O–H groups in total. The second kappa shape index (κ2) is 6.84. The fourth-order valence-corrected chi connectivity index (χ4v) is 1.74. The normalized spacial score (nSPS) is 14.8. The minimum Gasteiger partial charge on any atom is -0.321 e. The van der Waals surface area contributed by atoms with Crippen molar-refractivity contribution in [1.82, 2.24) is 10.2 Å². The molecule has 1 rings (SSSR count). The van der Waals surface area contributed by atoms with Crippen LogP contribution in [0.15, 0.2) is 0 Å².